The Morgan fingerprint density at radius 3 is 1.24 bits per heavy atom. The Balaban J connectivity index is 0.000000284. The molecule has 0 bridgehead atoms. The fourth-order valence-electron chi connectivity index (χ4n) is 1.41. The first-order valence-electron chi connectivity index (χ1n) is 5.65. The van der Waals surface area contributed by atoms with Gasteiger partial charge in [-0.3, -0.25) is 0 Å². The molecule has 0 aliphatic rings. The Bertz CT molecular complexity index is 323. The molecule has 0 aliphatic carbocycles. The molecular weight excluding hydrogens is 280 g/mol. The van der Waals surface area contributed by atoms with Crippen LogP contribution in [0.2, 0.25) is 26.2 Å². The third kappa shape index (κ3) is 6.22. The van der Waals surface area contributed by atoms with E-state index < -0.39 is 0 Å². The van der Waals surface area contributed by atoms with Gasteiger partial charge in [0.2, 0.25) is 0 Å². The fourth-order valence-corrected chi connectivity index (χ4v) is 3.13. The molecule has 17 heavy (non-hydrogen) atoms. The van der Waals surface area contributed by atoms with E-state index in [1.165, 1.54) is 10.4 Å². The molecule has 0 nitrogen and oxygen atoms in total. The maximum Gasteiger partial charge on any atom is 2.00 e. The van der Waals surface area contributed by atoms with Crippen LogP contribution in [0.1, 0.15) is 0 Å². The second-order valence-electron chi connectivity index (χ2n) is 4.35. The molecule has 0 fully saturated rings. The van der Waals surface area contributed by atoms with Crippen molar-refractivity contribution in [2.45, 2.75) is 26.2 Å². The summed E-state index contributed by atoms with van der Waals surface area (Å²) in [5.74, 6) is 0. The third-order valence-corrected chi connectivity index (χ3v) is 5.46. The SMILES string of the molecule is C[Si](C)c1ccc[cH-]1.C[Si](C)c1ccc[cH-]1.[Fe+2]. The van der Waals surface area contributed by atoms with Crippen LogP contribution in [0.5, 0.6) is 0 Å². The zero-order valence-electron chi connectivity index (χ0n) is 11.0. The van der Waals surface area contributed by atoms with Crippen LogP contribution >= 0.6 is 0 Å². The van der Waals surface area contributed by atoms with Crippen LogP contribution in [0.4, 0.5) is 0 Å². The summed E-state index contributed by atoms with van der Waals surface area (Å²) >= 11 is 0. The molecule has 0 aliphatic heterocycles. The zero-order chi connectivity index (χ0) is 12.0. The van der Waals surface area contributed by atoms with Gasteiger partial charge in [-0.15, -0.1) is 0 Å². The van der Waals surface area contributed by atoms with E-state index in [1.807, 2.05) is 0 Å². The molecule has 0 unspecified atom stereocenters. The van der Waals surface area contributed by atoms with Crippen molar-refractivity contribution < 1.29 is 17.1 Å². The summed E-state index contributed by atoms with van der Waals surface area (Å²) in [4.78, 5) is 0. The Kier molecular flexibility index (Phi) is 8.52. The van der Waals surface area contributed by atoms with E-state index >= 15 is 0 Å². The second-order valence-corrected chi connectivity index (χ2v) is 9.50. The van der Waals surface area contributed by atoms with Gasteiger partial charge in [0.15, 0.2) is 0 Å². The van der Waals surface area contributed by atoms with E-state index in [1.54, 1.807) is 0 Å². The van der Waals surface area contributed by atoms with Gasteiger partial charge in [-0.1, -0.05) is 26.2 Å². The van der Waals surface area contributed by atoms with Gasteiger partial charge in [-0.05, 0) is 0 Å². The summed E-state index contributed by atoms with van der Waals surface area (Å²) in [6, 6.07) is 17.2. The minimum Gasteiger partial charge on any atom is -0.214 e. The first-order chi connectivity index (χ1) is 7.61. The molecule has 0 N–H and O–H groups in total. The van der Waals surface area contributed by atoms with Crippen molar-refractivity contribution in [3.8, 4) is 0 Å². The van der Waals surface area contributed by atoms with Crippen molar-refractivity contribution in [3.63, 3.8) is 0 Å². The van der Waals surface area contributed by atoms with Crippen molar-refractivity contribution in [2.75, 3.05) is 0 Å². The zero-order valence-corrected chi connectivity index (χ0v) is 14.1. The molecule has 2 aromatic rings. The number of hydrogen-bond donors (Lipinski definition) is 0. The van der Waals surface area contributed by atoms with Gasteiger partial charge in [-0.2, -0.15) is 34.6 Å². The van der Waals surface area contributed by atoms with Crippen molar-refractivity contribution in [3.05, 3.63) is 48.5 Å². The van der Waals surface area contributed by atoms with Crippen LogP contribution in [0.3, 0.4) is 0 Å². The Hall–Kier alpha value is -0.347. The first kappa shape index (κ1) is 16.7. The van der Waals surface area contributed by atoms with Crippen LogP contribution in [0.25, 0.3) is 0 Å². The molecule has 0 amide bonds. The predicted molar refractivity (Wildman–Crippen MR) is 78.3 cm³/mol. The van der Waals surface area contributed by atoms with Gasteiger partial charge in [0.1, 0.15) is 0 Å². The minimum absolute atomic E-state index is 0. The molecule has 2 rings (SSSR count). The fraction of sp³-hybridized carbons (Fsp3) is 0.286. The quantitative estimate of drug-likeness (QED) is 0.591. The van der Waals surface area contributed by atoms with Crippen LogP contribution < -0.4 is 10.4 Å². The minimum atomic E-state index is -0.169. The van der Waals surface area contributed by atoms with Crippen LogP contribution in [-0.4, -0.2) is 17.6 Å². The average Bonchev–Trinajstić information content (AvgIpc) is 2.93. The van der Waals surface area contributed by atoms with Gasteiger partial charge < -0.3 is 0 Å². The van der Waals surface area contributed by atoms with Crippen molar-refractivity contribution in [1.82, 2.24) is 0 Å². The normalized spacial score (nSPS) is 9.76. The maximum absolute atomic E-state index is 2.31. The maximum atomic E-state index is 2.31. The smallest absolute Gasteiger partial charge is 0.214 e. The molecule has 3 heteroatoms. The van der Waals surface area contributed by atoms with Crippen LogP contribution in [-0.2, 0) is 17.1 Å². The molecule has 0 saturated heterocycles. The van der Waals surface area contributed by atoms with Gasteiger partial charge in [0.05, 0.1) is 0 Å². The number of rotatable bonds is 2. The second kappa shape index (κ2) is 8.70. The van der Waals surface area contributed by atoms with E-state index in [-0.39, 0.29) is 34.7 Å². The van der Waals surface area contributed by atoms with E-state index in [2.05, 4.69) is 74.7 Å². The van der Waals surface area contributed by atoms with Crippen molar-refractivity contribution >= 4 is 28.0 Å². The number of hydrogen-bond acceptors (Lipinski definition) is 0. The molecule has 2 aromatic carbocycles. The standard InChI is InChI=1S/2C7H10Si.Fe/c2*1-8(2)7-5-3-4-6-7;/h2*3-6H,1-2H3;/q2*-1;+2. The summed E-state index contributed by atoms with van der Waals surface area (Å²) < 4.78 is 0. The Morgan fingerprint density at radius 1 is 0.765 bits per heavy atom. The summed E-state index contributed by atoms with van der Waals surface area (Å²) in [7, 11) is -0.338. The molecule has 0 aromatic heterocycles. The largest absolute Gasteiger partial charge is 2.00 e. The van der Waals surface area contributed by atoms with Gasteiger partial charge in [0, 0.05) is 17.6 Å². The summed E-state index contributed by atoms with van der Waals surface area (Å²) in [5.41, 5.74) is 0. The van der Waals surface area contributed by atoms with E-state index in [4.69, 9.17) is 0 Å². The monoisotopic (exact) mass is 300 g/mol. The average molecular weight is 300 g/mol. The third-order valence-electron chi connectivity index (χ3n) is 2.48. The van der Waals surface area contributed by atoms with Crippen LogP contribution in [0, 0.1) is 0 Å². The van der Waals surface area contributed by atoms with E-state index in [9.17, 15) is 0 Å². The molecule has 2 radical (unpaired) electrons. The molecule has 92 valence electrons. The van der Waals surface area contributed by atoms with Crippen molar-refractivity contribution in [1.29, 1.82) is 0 Å². The predicted octanol–water partition coefficient (Wildman–Crippen LogP) is 2.73. The van der Waals surface area contributed by atoms with Gasteiger partial charge in [-0.25, -0.2) is 24.3 Å². The molecule has 0 heterocycles. The van der Waals surface area contributed by atoms with Crippen molar-refractivity contribution in [2.24, 2.45) is 0 Å². The molecule has 0 atom stereocenters. The molecular formula is C14H20FeSi2. The Labute approximate surface area is 119 Å². The first-order valence-corrected chi connectivity index (χ1v) is 10.7. The summed E-state index contributed by atoms with van der Waals surface area (Å²) in [6.07, 6.45) is 0. The van der Waals surface area contributed by atoms with Gasteiger partial charge >= 0.3 is 17.1 Å². The van der Waals surface area contributed by atoms with Crippen LogP contribution in [0.15, 0.2) is 48.5 Å². The van der Waals surface area contributed by atoms with E-state index in [0.717, 1.165) is 0 Å². The van der Waals surface area contributed by atoms with E-state index in [0.29, 0.717) is 0 Å². The topological polar surface area (TPSA) is 0 Å². The Morgan fingerprint density at radius 2 is 1.12 bits per heavy atom. The summed E-state index contributed by atoms with van der Waals surface area (Å²) in [6.45, 7) is 9.22. The molecule has 0 saturated carbocycles. The summed E-state index contributed by atoms with van der Waals surface area (Å²) in [5, 5.41) is 3.07. The molecule has 0 spiro atoms. The van der Waals surface area contributed by atoms with Gasteiger partial charge in [0.25, 0.3) is 0 Å².